The van der Waals surface area contributed by atoms with Gasteiger partial charge in [0.2, 0.25) is 0 Å². The van der Waals surface area contributed by atoms with Crippen molar-refractivity contribution in [3.8, 4) is 0 Å². The van der Waals surface area contributed by atoms with Gasteiger partial charge in [0, 0.05) is 18.0 Å². The molecule has 2 N–H and O–H groups in total. The predicted molar refractivity (Wildman–Crippen MR) is 56.0 cm³/mol. The normalized spacial score (nSPS) is 13.9. The Balaban J connectivity index is 2.48. The quantitative estimate of drug-likeness (QED) is 0.759. The minimum absolute atomic E-state index is 0.0995. The van der Waals surface area contributed by atoms with E-state index in [1.807, 2.05) is 6.92 Å². The first-order chi connectivity index (χ1) is 6.53. The van der Waals surface area contributed by atoms with Crippen molar-refractivity contribution >= 4 is 15.5 Å². The summed E-state index contributed by atoms with van der Waals surface area (Å²) in [4.78, 5) is 0. The number of anilines is 1. The number of aromatic amines is 1. The molecule has 0 aliphatic rings. The van der Waals surface area contributed by atoms with Gasteiger partial charge in [-0.05, 0) is 6.92 Å². The van der Waals surface area contributed by atoms with Crippen molar-refractivity contribution in [2.45, 2.75) is 19.9 Å². The van der Waals surface area contributed by atoms with Crippen LogP contribution in [-0.2, 0) is 9.84 Å². The maximum Gasteiger partial charge on any atom is 0.152 e. The standard InChI is InChI=1S/C8H15N3O2S/c1-3-14(12,13)6-7(2)11-8-4-9-10-5-8/h4-5,7,11H,3,6H2,1-2H3,(H,9,10). The minimum atomic E-state index is -2.92. The number of hydrogen-bond acceptors (Lipinski definition) is 4. The van der Waals surface area contributed by atoms with E-state index in [1.54, 1.807) is 19.3 Å². The highest BCUT2D eigenvalue weighted by atomic mass is 32.2. The Morgan fingerprint density at radius 3 is 2.86 bits per heavy atom. The molecule has 0 amide bonds. The number of nitrogens with one attached hydrogen (secondary N) is 2. The lowest BCUT2D eigenvalue weighted by atomic mass is 10.4. The Morgan fingerprint density at radius 1 is 1.64 bits per heavy atom. The molecule has 6 heteroatoms. The smallest absolute Gasteiger partial charge is 0.152 e. The zero-order valence-corrected chi connectivity index (χ0v) is 9.13. The molecule has 1 aromatic rings. The fraction of sp³-hybridized carbons (Fsp3) is 0.625. The number of H-pyrrole nitrogens is 1. The van der Waals surface area contributed by atoms with E-state index in [4.69, 9.17) is 0 Å². The molecule has 0 bridgehead atoms. The van der Waals surface area contributed by atoms with Crippen LogP contribution in [-0.4, -0.2) is 36.2 Å². The fourth-order valence-corrected chi connectivity index (χ4v) is 2.24. The van der Waals surface area contributed by atoms with Crippen LogP contribution in [0.2, 0.25) is 0 Å². The first kappa shape index (κ1) is 11.0. The number of aromatic nitrogens is 2. The van der Waals surface area contributed by atoms with Crippen LogP contribution in [0.1, 0.15) is 13.8 Å². The third-order valence-corrected chi connectivity index (χ3v) is 3.74. The van der Waals surface area contributed by atoms with Gasteiger partial charge < -0.3 is 5.32 Å². The van der Waals surface area contributed by atoms with Crippen LogP contribution in [0.4, 0.5) is 5.69 Å². The third-order valence-electron chi connectivity index (χ3n) is 1.86. The second-order valence-corrected chi connectivity index (χ2v) is 5.63. The molecule has 0 aromatic carbocycles. The van der Waals surface area contributed by atoms with E-state index >= 15 is 0 Å². The van der Waals surface area contributed by atoms with Gasteiger partial charge in [-0.1, -0.05) is 6.92 Å². The maximum atomic E-state index is 11.3. The van der Waals surface area contributed by atoms with Gasteiger partial charge in [-0.15, -0.1) is 0 Å². The molecule has 5 nitrogen and oxygen atoms in total. The van der Waals surface area contributed by atoms with Crippen LogP contribution in [0.15, 0.2) is 12.4 Å². The summed E-state index contributed by atoms with van der Waals surface area (Å²) in [5.41, 5.74) is 0.809. The minimum Gasteiger partial charge on any atom is -0.379 e. The van der Waals surface area contributed by atoms with Crippen LogP contribution >= 0.6 is 0 Å². The molecule has 0 saturated carbocycles. The molecular formula is C8H15N3O2S. The van der Waals surface area contributed by atoms with Gasteiger partial charge in [0.1, 0.15) is 0 Å². The van der Waals surface area contributed by atoms with Crippen LogP contribution in [0.5, 0.6) is 0 Å². The molecule has 1 atom stereocenters. The summed E-state index contributed by atoms with van der Waals surface area (Å²) >= 11 is 0. The van der Waals surface area contributed by atoms with Gasteiger partial charge in [-0.3, -0.25) is 5.10 Å². The highest BCUT2D eigenvalue weighted by Crippen LogP contribution is 2.05. The van der Waals surface area contributed by atoms with Crippen LogP contribution < -0.4 is 5.32 Å². The van der Waals surface area contributed by atoms with Crippen molar-refractivity contribution in [1.82, 2.24) is 10.2 Å². The van der Waals surface area contributed by atoms with E-state index in [2.05, 4.69) is 15.5 Å². The number of rotatable bonds is 5. The van der Waals surface area contributed by atoms with Crippen LogP contribution in [0, 0.1) is 0 Å². The van der Waals surface area contributed by atoms with Gasteiger partial charge in [0.15, 0.2) is 9.84 Å². The van der Waals surface area contributed by atoms with Gasteiger partial charge in [-0.2, -0.15) is 5.10 Å². The van der Waals surface area contributed by atoms with E-state index in [-0.39, 0.29) is 17.5 Å². The number of nitrogens with zero attached hydrogens (tertiary/aromatic N) is 1. The molecular weight excluding hydrogens is 202 g/mol. The highest BCUT2D eigenvalue weighted by molar-refractivity contribution is 7.91. The highest BCUT2D eigenvalue weighted by Gasteiger charge is 2.13. The summed E-state index contributed by atoms with van der Waals surface area (Å²) in [6, 6.07) is -0.0995. The van der Waals surface area contributed by atoms with Gasteiger partial charge in [0.05, 0.1) is 17.6 Å². The lowest BCUT2D eigenvalue weighted by Crippen LogP contribution is -2.26. The Hall–Kier alpha value is -1.04. The molecule has 0 fully saturated rings. The molecule has 1 rings (SSSR count). The molecule has 1 unspecified atom stereocenters. The van der Waals surface area contributed by atoms with Crippen molar-refractivity contribution in [3.05, 3.63) is 12.4 Å². The van der Waals surface area contributed by atoms with Crippen molar-refractivity contribution in [2.24, 2.45) is 0 Å². The molecule has 14 heavy (non-hydrogen) atoms. The first-order valence-corrected chi connectivity index (χ1v) is 6.31. The summed E-state index contributed by atoms with van der Waals surface area (Å²) in [5, 5.41) is 9.44. The molecule has 0 aliphatic heterocycles. The average Bonchev–Trinajstić information content (AvgIpc) is 2.55. The lowest BCUT2D eigenvalue weighted by molar-refractivity contribution is 0.593. The van der Waals surface area contributed by atoms with Crippen LogP contribution in [0.3, 0.4) is 0 Å². The third kappa shape index (κ3) is 3.37. The van der Waals surface area contributed by atoms with Gasteiger partial charge in [0.25, 0.3) is 0 Å². The summed E-state index contributed by atoms with van der Waals surface area (Å²) in [5.74, 6) is 0.332. The first-order valence-electron chi connectivity index (χ1n) is 4.49. The Labute approximate surface area is 83.8 Å². The molecule has 0 radical (unpaired) electrons. The maximum absolute atomic E-state index is 11.3. The van der Waals surface area contributed by atoms with Gasteiger partial charge >= 0.3 is 0 Å². The molecule has 0 saturated heterocycles. The van der Waals surface area contributed by atoms with Gasteiger partial charge in [-0.25, -0.2) is 8.42 Å². The number of hydrogen-bond donors (Lipinski definition) is 2. The zero-order chi connectivity index (χ0) is 10.6. The van der Waals surface area contributed by atoms with Crippen LogP contribution in [0.25, 0.3) is 0 Å². The summed E-state index contributed by atoms with van der Waals surface area (Å²) in [6.45, 7) is 3.49. The number of sulfone groups is 1. The summed E-state index contributed by atoms with van der Waals surface area (Å²) < 4.78 is 22.5. The monoisotopic (exact) mass is 217 g/mol. The molecule has 1 aromatic heterocycles. The van der Waals surface area contributed by atoms with Crippen molar-refractivity contribution in [1.29, 1.82) is 0 Å². The molecule has 1 heterocycles. The SMILES string of the molecule is CCS(=O)(=O)CC(C)Nc1cn[nH]c1. The largest absolute Gasteiger partial charge is 0.379 e. The topological polar surface area (TPSA) is 74.8 Å². The second-order valence-electron chi connectivity index (χ2n) is 3.23. The molecule has 80 valence electrons. The molecule has 0 spiro atoms. The van der Waals surface area contributed by atoms with Crippen molar-refractivity contribution in [3.63, 3.8) is 0 Å². The zero-order valence-electron chi connectivity index (χ0n) is 8.32. The van der Waals surface area contributed by atoms with E-state index in [0.717, 1.165) is 5.69 Å². The molecule has 0 aliphatic carbocycles. The summed E-state index contributed by atoms with van der Waals surface area (Å²) in [6.07, 6.45) is 3.31. The van der Waals surface area contributed by atoms with E-state index < -0.39 is 9.84 Å². The average molecular weight is 217 g/mol. The second kappa shape index (κ2) is 4.45. The summed E-state index contributed by atoms with van der Waals surface area (Å²) in [7, 11) is -2.92. The Kier molecular flexibility index (Phi) is 3.51. The predicted octanol–water partition coefficient (Wildman–Crippen LogP) is 0.645. The van der Waals surface area contributed by atoms with E-state index in [0.29, 0.717) is 0 Å². The van der Waals surface area contributed by atoms with Crippen molar-refractivity contribution in [2.75, 3.05) is 16.8 Å². The van der Waals surface area contributed by atoms with Crippen molar-refractivity contribution < 1.29 is 8.42 Å². The lowest BCUT2D eigenvalue weighted by Gasteiger charge is -2.12. The van der Waals surface area contributed by atoms with E-state index in [9.17, 15) is 8.42 Å². The van der Waals surface area contributed by atoms with E-state index in [1.165, 1.54) is 0 Å². The Bertz CT molecular complexity index is 358. The fourth-order valence-electron chi connectivity index (χ4n) is 1.15. The Morgan fingerprint density at radius 2 is 2.36 bits per heavy atom.